The highest BCUT2D eigenvalue weighted by Gasteiger charge is 2.34. The summed E-state index contributed by atoms with van der Waals surface area (Å²) >= 11 is 0. The van der Waals surface area contributed by atoms with E-state index in [0.29, 0.717) is 11.0 Å². The van der Waals surface area contributed by atoms with E-state index in [4.69, 9.17) is 0 Å². The minimum atomic E-state index is -4.69. The van der Waals surface area contributed by atoms with Gasteiger partial charge in [-0.15, -0.1) is 0 Å². The number of amides is 1. The Hall–Kier alpha value is -3.36. The van der Waals surface area contributed by atoms with Gasteiger partial charge in [0, 0.05) is 12.7 Å². The van der Waals surface area contributed by atoms with Gasteiger partial charge in [0.15, 0.2) is 0 Å². The zero-order chi connectivity index (χ0) is 19.1. The summed E-state index contributed by atoms with van der Waals surface area (Å²) in [6, 6.07) is 6.93. The molecule has 3 rings (SSSR count). The summed E-state index contributed by atoms with van der Waals surface area (Å²) in [5, 5.41) is 11.7. The second-order valence-corrected chi connectivity index (χ2v) is 5.55. The number of benzene rings is 2. The first-order valence-corrected chi connectivity index (χ1v) is 7.34. The maximum absolute atomic E-state index is 13.1. The Labute approximate surface area is 144 Å². The molecule has 1 heterocycles. The van der Waals surface area contributed by atoms with Crippen LogP contribution in [0.4, 0.5) is 18.9 Å². The molecule has 0 bridgehead atoms. The third-order valence-corrected chi connectivity index (χ3v) is 3.78. The van der Waals surface area contributed by atoms with Crippen molar-refractivity contribution in [1.82, 2.24) is 9.55 Å². The van der Waals surface area contributed by atoms with Gasteiger partial charge in [-0.1, -0.05) is 12.1 Å². The van der Waals surface area contributed by atoms with Crippen LogP contribution in [0.2, 0.25) is 0 Å². The van der Waals surface area contributed by atoms with Crippen molar-refractivity contribution in [1.29, 1.82) is 0 Å². The first-order valence-electron chi connectivity index (χ1n) is 7.34. The fraction of sp³-hybridized carbons (Fsp3) is 0.118. The Bertz CT molecular complexity index is 1030. The zero-order valence-corrected chi connectivity index (χ0v) is 13.3. The summed E-state index contributed by atoms with van der Waals surface area (Å²) < 4.78 is 40.7. The second-order valence-electron chi connectivity index (χ2n) is 5.55. The van der Waals surface area contributed by atoms with Crippen molar-refractivity contribution in [3.8, 4) is 0 Å². The number of halogens is 3. The molecular formula is C17H12F3N3O3. The first-order chi connectivity index (χ1) is 12.2. The lowest BCUT2D eigenvalue weighted by atomic mass is 10.1. The van der Waals surface area contributed by atoms with Gasteiger partial charge in [0.1, 0.15) is 0 Å². The number of hydrogen-bond donors (Lipinski definition) is 2. The van der Waals surface area contributed by atoms with Crippen LogP contribution >= 0.6 is 0 Å². The molecular weight excluding hydrogens is 351 g/mol. The average molecular weight is 363 g/mol. The Morgan fingerprint density at radius 3 is 2.50 bits per heavy atom. The first kappa shape index (κ1) is 17.5. The van der Waals surface area contributed by atoms with Crippen LogP contribution < -0.4 is 5.32 Å². The molecule has 3 aromatic rings. The van der Waals surface area contributed by atoms with Gasteiger partial charge in [-0.05, 0) is 24.3 Å². The molecule has 2 N–H and O–H groups in total. The molecule has 1 amide bonds. The summed E-state index contributed by atoms with van der Waals surface area (Å²) in [5.74, 6) is -2.24. The van der Waals surface area contributed by atoms with Crippen molar-refractivity contribution in [2.24, 2.45) is 7.05 Å². The smallest absolute Gasteiger partial charge is 0.417 e. The molecule has 0 saturated heterocycles. The average Bonchev–Trinajstić information content (AvgIpc) is 2.94. The number of aromatic nitrogens is 2. The maximum Gasteiger partial charge on any atom is 0.417 e. The van der Waals surface area contributed by atoms with E-state index in [2.05, 4.69) is 10.3 Å². The van der Waals surface area contributed by atoms with E-state index in [0.717, 1.165) is 12.1 Å². The van der Waals surface area contributed by atoms with Crippen LogP contribution in [0.3, 0.4) is 0 Å². The molecule has 0 unspecified atom stereocenters. The molecule has 0 aliphatic rings. The lowest BCUT2D eigenvalue weighted by Gasteiger charge is -2.13. The number of carboxylic acid groups (broad SMARTS) is 1. The third-order valence-electron chi connectivity index (χ3n) is 3.78. The lowest BCUT2D eigenvalue weighted by Crippen LogP contribution is -2.19. The van der Waals surface area contributed by atoms with Crippen LogP contribution in [0, 0.1) is 0 Å². The van der Waals surface area contributed by atoms with Crippen LogP contribution in [-0.4, -0.2) is 26.5 Å². The van der Waals surface area contributed by atoms with E-state index in [1.54, 1.807) is 7.05 Å². The van der Waals surface area contributed by atoms with Crippen molar-refractivity contribution in [3.63, 3.8) is 0 Å². The molecule has 26 heavy (non-hydrogen) atoms. The van der Waals surface area contributed by atoms with E-state index < -0.39 is 29.2 Å². The predicted octanol–water partition coefficient (Wildman–Crippen LogP) is 3.54. The van der Waals surface area contributed by atoms with Crippen LogP contribution in [0.15, 0.2) is 42.7 Å². The second kappa shape index (κ2) is 6.17. The summed E-state index contributed by atoms with van der Waals surface area (Å²) in [6.45, 7) is 0. The van der Waals surface area contributed by atoms with Gasteiger partial charge >= 0.3 is 12.1 Å². The number of imidazole rings is 1. The number of fused-ring (bicyclic) bond motifs is 1. The highest BCUT2D eigenvalue weighted by molar-refractivity contribution is 6.08. The highest BCUT2D eigenvalue weighted by Crippen LogP contribution is 2.32. The van der Waals surface area contributed by atoms with E-state index >= 15 is 0 Å². The van der Waals surface area contributed by atoms with Crippen molar-refractivity contribution >= 4 is 28.6 Å². The molecule has 0 spiro atoms. The number of hydrogen-bond acceptors (Lipinski definition) is 3. The van der Waals surface area contributed by atoms with E-state index in [-0.39, 0.29) is 11.3 Å². The molecule has 0 saturated carbocycles. The molecule has 0 radical (unpaired) electrons. The number of anilines is 1. The number of carboxylic acids is 1. The number of nitrogens with one attached hydrogen (secondary N) is 1. The molecule has 0 fully saturated rings. The Morgan fingerprint density at radius 2 is 1.85 bits per heavy atom. The normalized spacial score (nSPS) is 11.5. The van der Waals surface area contributed by atoms with Gasteiger partial charge in [0.2, 0.25) is 0 Å². The monoisotopic (exact) mass is 363 g/mol. The molecule has 0 aliphatic carbocycles. The SMILES string of the molecule is Cn1cnc2cc(NC(=O)c3ccccc3C(F)(F)F)cc(C(=O)O)c21. The Morgan fingerprint density at radius 1 is 1.15 bits per heavy atom. The van der Waals surface area contributed by atoms with Gasteiger partial charge in [-0.2, -0.15) is 13.2 Å². The quantitative estimate of drug-likeness (QED) is 0.745. The maximum atomic E-state index is 13.1. The van der Waals surface area contributed by atoms with Crippen molar-refractivity contribution in [2.45, 2.75) is 6.18 Å². The molecule has 2 aromatic carbocycles. The fourth-order valence-corrected chi connectivity index (χ4v) is 2.66. The van der Waals surface area contributed by atoms with Gasteiger partial charge in [-0.3, -0.25) is 4.79 Å². The molecule has 6 nitrogen and oxygen atoms in total. The molecule has 9 heteroatoms. The van der Waals surface area contributed by atoms with Gasteiger partial charge < -0.3 is 15.0 Å². The van der Waals surface area contributed by atoms with Crippen LogP contribution in [0.1, 0.15) is 26.3 Å². The number of aromatic carboxylic acids is 1. The number of carbonyl (C=O) groups excluding carboxylic acids is 1. The van der Waals surface area contributed by atoms with Crippen molar-refractivity contribution in [2.75, 3.05) is 5.32 Å². The van der Waals surface area contributed by atoms with E-state index in [9.17, 15) is 27.9 Å². The number of carbonyl (C=O) groups is 2. The van der Waals surface area contributed by atoms with Gasteiger partial charge in [-0.25, -0.2) is 9.78 Å². The minimum Gasteiger partial charge on any atom is -0.478 e. The molecule has 0 atom stereocenters. The molecule has 134 valence electrons. The molecule has 0 aliphatic heterocycles. The molecule has 1 aromatic heterocycles. The largest absolute Gasteiger partial charge is 0.478 e. The Kier molecular flexibility index (Phi) is 4.15. The topological polar surface area (TPSA) is 84.2 Å². The zero-order valence-electron chi connectivity index (χ0n) is 13.3. The number of nitrogens with zero attached hydrogens (tertiary/aromatic N) is 2. The van der Waals surface area contributed by atoms with Crippen LogP contribution in [0.25, 0.3) is 11.0 Å². The van der Waals surface area contributed by atoms with E-state index in [1.807, 2.05) is 0 Å². The third kappa shape index (κ3) is 3.10. The van der Waals surface area contributed by atoms with Crippen LogP contribution in [0.5, 0.6) is 0 Å². The Balaban J connectivity index is 2.03. The van der Waals surface area contributed by atoms with Crippen molar-refractivity contribution in [3.05, 3.63) is 59.4 Å². The predicted molar refractivity (Wildman–Crippen MR) is 87.1 cm³/mol. The highest BCUT2D eigenvalue weighted by atomic mass is 19.4. The minimum absolute atomic E-state index is 0.0376. The standard InChI is InChI=1S/C17H12F3N3O3/c1-23-8-21-13-7-9(6-11(14(13)23)16(25)26)22-15(24)10-4-2-3-5-12(10)17(18,19)20/h2-8H,1H3,(H,22,24)(H,25,26). The van der Waals surface area contributed by atoms with Gasteiger partial charge in [0.25, 0.3) is 5.91 Å². The fourth-order valence-electron chi connectivity index (χ4n) is 2.66. The summed E-state index contributed by atoms with van der Waals surface area (Å²) in [7, 11) is 1.61. The number of aryl methyl sites for hydroxylation is 1. The summed E-state index contributed by atoms with van der Waals surface area (Å²) in [4.78, 5) is 27.8. The van der Waals surface area contributed by atoms with Crippen LogP contribution in [-0.2, 0) is 13.2 Å². The lowest BCUT2D eigenvalue weighted by molar-refractivity contribution is -0.137. The van der Waals surface area contributed by atoms with Gasteiger partial charge in [0.05, 0.1) is 34.1 Å². The van der Waals surface area contributed by atoms with Crippen molar-refractivity contribution < 1.29 is 27.9 Å². The summed E-state index contributed by atoms with van der Waals surface area (Å²) in [6.07, 6.45) is -3.28. The summed E-state index contributed by atoms with van der Waals surface area (Å²) in [5.41, 5.74) is -1.08. The number of alkyl halides is 3. The van der Waals surface area contributed by atoms with E-state index in [1.165, 1.54) is 35.2 Å². The number of rotatable bonds is 3.